The summed E-state index contributed by atoms with van der Waals surface area (Å²) in [4.78, 5) is 12.1. The second kappa shape index (κ2) is 10.6. The van der Waals surface area contributed by atoms with Crippen LogP contribution in [0.3, 0.4) is 0 Å². The fraction of sp³-hybridized carbons (Fsp3) is 0.458. The van der Waals surface area contributed by atoms with E-state index in [-0.39, 0.29) is 18.4 Å². The summed E-state index contributed by atoms with van der Waals surface area (Å²) in [6.45, 7) is 6.70. The number of rotatable bonds is 11. The fourth-order valence-corrected chi connectivity index (χ4v) is 3.45. The zero-order chi connectivity index (χ0) is 22.4. The van der Waals surface area contributed by atoms with E-state index in [0.29, 0.717) is 5.75 Å². The Morgan fingerprint density at radius 2 is 1.74 bits per heavy atom. The van der Waals surface area contributed by atoms with Gasteiger partial charge in [-0.3, -0.25) is 9.13 Å². The molecule has 0 aliphatic rings. The number of hydrogen-bond acceptors (Lipinski definition) is 5. The predicted molar refractivity (Wildman–Crippen MR) is 122 cm³/mol. The Balaban J connectivity index is 1.48. The molecule has 0 saturated heterocycles. The van der Waals surface area contributed by atoms with Crippen LogP contribution < -0.4 is 15.7 Å². The minimum absolute atomic E-state index is 0.0867. The van der Waals surface area contributed by atoms with E-state index >= 15 is 0 Å². The van der Waals surface area contributed by atoms with Crippen LogP contribution in [0, 0.1) is 0 Å². The number of nitrogens with zero attached hydrogens (tertiary/aromatic N) is 2. The number of fused-ring (bicyclic) bond motifs is 1. The van der Waals surface area contributed by atoms with Crippen LogP contribution in [0.15, 0.2) is 47.3 Å². The van der Waals surface area contributed by atoms with Gasteiger partial charge in [0, 0.05) is 27.2 Å². The van der Waals surface area contributed by atoms with Gasteiger partial charge in [0.15, 0.2) is 0 Å². The van der Waals surface area contributed by atoms with Gasteiger partial charge in [-0.1, -0.05) is 18.2 Å². The van der Waals surface area contributed by atoms with E-state index in [1.165, 1.54) is 5.56 Å². The van der Waals surface area contributed by atoms with Crippen molar-refractivity contribution in [2.45, 2.75) is 39.0 Å². The van der Waals surface area contributed by atoms with Gasteiger partial charge in [0.2, 0.25) is 0 Å². The third kappa shape index (κ3) is 5.97. The van der Waals surface area contributed by atoms with Crippen LogP contribution in [0.1, 0.15) is 37.5 Å². The summed E-state index contributed by atoms with van der Waals surface area (Å²) in [7, 11) is 3.47. The second-order valence-corrected chi connectivity index (χ2v) is 8.07. The van der Waals surface area contributed by atoms with Gasteiger partial charge in [-0.2, -0.15) is 0 Å². The van der Waals surface area contributed by atoms with Crippen LogP contribution in [0.2, 0.25) is 0 Å². The van der Waals surface area contributed by atoms with Crippen LogP contribution in [0.25, 0.3) is 11.0 Å². The Labute approximate surface area is 183 Å². The molecule has 0 amide bonds. The maximum Gasteiger partial charge on any atom is 0.328 e. The molecule has 3 rings (SSSR count). The zero-order valence-corrected chi connectivity index (χ0v) is 18.8. The molecule has 0 bridgehead atoms. The lowest BCUT2D eigenvalue weighted by Gasteiger charge is -2.14. The summed E-state index contributed by atoms with van der Waals surface area (Å²) in [6.07, 6.45) is 0.482. The molecule has 3 aromatic rings. The molecule has 0 aliphatic heterocycles. The molecule has 0 aliphatic carbocycles. The quantitative estimate of drug-likeness (QED) is 0.460. The molecule has 7 heteroatoms. The zero-order valence-electron chi connectivity index (χ0n) is 18.8. The number of aliphatic hydroxyl groups excluding tert-OH is 1. The number of aliphatic hydroxyl groups is 1. The first-order valence-corrected chi connectivity index (χ1v) is 10.7. The normalized spacial score (nSPS) is 12.6. The van der Waals surface area contributed by atoms with Crippen molar-refractivity contribution < 1.29 is 14.6 Å². The average molecular weight is 428 g/mol. The van der Waals surface area contributed by atoms with Crippen molar-refractivity contribution in [2.75, 3.05) is 19.8 Å². The molecule has 2 N–H and O–H groups in total. The third-order valence-corrected chi connectivity index (χ3v) is 5.29. The van der Waals surface area contributed by atoms with Crippen LogP contribution in [0.5, 0.6) is 5.75 Å². The molecule has 1 atom stereocenters. The number of hydrogen-bond donors (Lipinski definition) is 2. The van der Waals surface area contributed by atoms with Crippen LogP contribution in [-0.4, -0.2) is 40.1 Å². The molecular formula is C24H33N3O4. The minimum Gasteiger partial charge on any atom is -0.491 e. The molecule has 1 heterocycles. The molecule has 0 spiro atoms. The summed E-state index contributed by atoms with van der Waals surface area (Å²) in [5.74, 6) is 0.710. The lowest BCUT2D eigenvalue weighted by atomic mass is 10.1. The molecule has 168 valence electrons. The molecule has 0 radical (unpaired) electrons. The van der Waals surface area contributed by atoms with E-state index in [1.54, 1.807) is 23.2 Å². The number of imidazole rings is 1. The highest BCUT2D eigenvalue weighted by molar-refractivity contribution is 5.76. The van der Waals surface area contributed by atoms with Crippen molar-refractivity contribution in [3.05, 3.63) is 64.1 Å². The number of nitrogens with one attached hydrogen (secondary N) is 1. The Morgan fingerprint density at radius 3 is 2.45 bits per heavy atom. The number of aromatic nitrogens is 2. The molecule has 1 aromatic heterocycles. The molecular weight excluding hydrogens is 394 g/mol. The fourth-order valence-electron chi connectivity index (χ4n) is 3.45. The van der Waals surface area contributed by atoms with Gasteiger partial charge < -0.3 is 19.9 Å². The Kier molecular flexibility index (Phi) is 7.90. The number of ether oxygens (including phenoxy) is 2. The second-order valence-electron chi connectivity index (χ2n) is 8.07. The molecule has 2 aromatic carbocycles. The summed E-state index contributed by atoms with van der Waals surface area (Å²) >= 11 is 0. The van der Waals surface area contributed by atoms with E-state index in [2.05, 4.69) is 5.32 Å². The Morgan fingerprint density at radius 1 is 1.03 bits per heavy atom. The predicted octanol–water partition coefficient (Wildman–Crippen LogP) is 2.89. The van der Waals surface area contributed by atoms with Crippen molar-refractivity contribution in [3.63, 3.8) is 0 Å². The van der Waals surface area contributed by atoms with E-state index < -0.39 is 6.10 Å². The first-order valence-electron chi connectivity index (χ1n) is 10.7. The van der Waals surface area contributed by atoms with Crippen molar-refractivity contribution in [3.8, 4) is 5.75 Å². The largest absolute Gasteiger partial charge is 0.491 e. The highest BCUT2D eigenvalue weighted by Crippen LogP contribution is 2.21. The van der Waals surface area contributed by atoms with Gasteiger partial charge in [0.25, 0.3) is 0 Å². The maximum atomic E-state index is 12.1. The SMILES string of the molecule is CC(C)OCCCNCc1ccc(OC[C@H](O)c2ccc3c(c2)n(C)c(=O)n3C)cc1. The van der Waals surface area contributed by atoms with Crippen LogP contribution >= 0.6 is 0 Å². The topological polar surface area (TPSA) is 77.7 Å². The van der Waals surface area contributed by atoms with E-state index in [9.17, 15) is 9.90 Å². The smallest absolute Gasteiger partial charge is 0.328 e. The first kappa shape index (κ1) is 23.1. The Hall–Kier alpha value is -2.61. The lowest BCUT2D eigenvalue weighted by Crippen LogP contribution is -2.19. The van der Waals surface area contributed by atoms with E-state index in [1.807, 2.05) is 56.3 Å². The maximum absolute atomic E-state index is 12.1. The van der Waals surface area contributed by atoms with Gasteiger partial charge in [-0.25, -0.2) is 4.79 Å². The van der Waals surface area contributed by atoms with Crippen molar-refractivity contribution in [1.29, 1.82) is 0 Å². The lowest BCUT2D eigenvalue weighted by molar-refractivity contribution is 0.0770. The van der Waals surface area contributed by atoms with Crippen molar-refractivity contribution in [1.82, 2.24) is 14.5 Å². The van der Waals surface area contributed by atoms with Gasteiger partial charge in [0.1, 0.15) is 18.5 Å². The summed E-state index contributed by atoms with van der Waals surface area (Å²) < 4.78 is 14.5. The molecule has 0 unspecified atom stereocenters. The number of aryl methyl sites for hydroxylation is 2. The molecule has 31 heavy (non-hydrogen) atoms. The number of benzene rings is 2. The summed E-state index contributed by atoms with van der Waals surface area (Å²) in [6, 6.07) is 13.4. The van der Waals surface area contributed by atoms with Gasteiger partial charge >= 0.3 is 5.69 Å². The highest BCUT2D eigenvalue weighted by atomic mass is 16.5. The van der Waals surface area contributed by atoms with Crippen LogP contribution in [0.4, 0.5) is 0 Å². The van der Waals surface area contributed by atoms with E-state index in [0.717, 1.165) is 42.7 Å². The first-order chi connectivity index (χ1) is 14.9. The molecule has 7 nitrogen and oxygen atoms in total. The van der Waals surface area contributed by atoms with Crippen LogP contribution in [-0.2, 0) is 25.4 Å². The van der Waals surface area contributed by atoms with Gasteiger partial charge in [-0.15, -0.1) is 0 Å². The monoisotopic (exact) mass is 427 g/mol. The third-order valence-electron chi connectivity index (χ3n) is 5.29. The van der Waals surface area contributed by atoms with E-state index in [4.69, 9.17) is 9.47 Å². The molecule has 0 fully saturated rings. The summed E-state index contributed by atoms with van der Waals surface area (Å²) in [5, 5.41) is 13.9. The summed E-state index contributed by atoms with van der Waals surface area (Å²) in [5.41, 5.74) is 3.43. The highest BCUT2D eigenvalue weighted by Gasteiger charge is 2.13. The molecule has 0 saturated carbocycles. The Bertz CT molecular complexity index is 1040. The standard InChI is InChI=1S/C24H33N3O4/c1-17(2)30-13-5-12-25-15-18-6-9-20(10-7-18)31-16-23(28)19-8-11-21-22(14-19)27(4)24(29)26(21)3/h6-11,14,17,23,25,28H,5,12-13,15-16H2,1-4H3/t23-/m0/s1. The minimum atomic E-state index is -0.783. The van der Waals surface area contributed by atoms with Gasteiger partial charge in [-0.05, 0) is 62.2 Å². The van der Waals surface area contributed by atoms with Gasteiger partial charge in [0.05, 0.1) is 17.1 Å². The van der Waals surface area contributed by atoms with Crippen molar-refractivity contribution >= 4 is 11.0 Å². The average Bonchev–Trinajstić information content (AvgIpc) is 2.98. The van der Waals surface area contributed by atoms with Crippen molar-refractivity contribution in [2.24, 2.45) is 14.1 Å².